The maximum Gasteiger partial charge on any atom is 0.251 e. The molecule has 0 aliphatic carbocycles. The van der Waals surface area contributed by atoms with E-state index in [1.165, 1.54) is 5.56 Å². The molecule has 0 heterocycles. The van der Waals surface area contributed by atoms with Gasteiger partial charge in [-0.2, -0.15) is 0 Å². The molecule has 0 saturated heterocycles. The van der Waals surface area contributed by atoms with Crippen LogP contribution in [0, 0.1) is 6.92 Å². The van der Waals surface area contributed by atoms with Crippen LogP contribution in [0.15, 0.2) is 42.5 Å². The molecule has 0 fully saturated rings. The predicted molar refractivity (Wildman–Crippen MR) is 86.4 cm³/mol. The Kier molecular flexibility index (Phi) is 5.21. The Balaban J connectivity index is 2.00. The minimum atomic E-state index is -0.0799. The highest BCUT2D eigenvalue weighted by atomic mass is 79.9. The first-order valence-electron chi connectivity index (χ1n) is 6.28. The second-order valence-corrected chi connectivity index (χ2v) is 5.59. The van der Waals surface area contributed by atoms with Crippen molar-refractivity contribution >= 4 is 33.4 Å². The average Bonchev–Trinajstić information content (AvgIpc) is 2.45. The van der Waals surface area contributed by atoms with Gasteiger partial charge in [0, 0.05) is 22.5 Å². The molecular formula is C16H15BrClNO. The highest BCUT2D eigenvalue weighted by Gasteiger charge is 2.08. The van der Waals surface area contributed by atoms with E-state index in [1.54, 1.807) is 18.2 Å². The molecule has 0 unspecified atom stereocenters. The van der Waals surface area contributed by atoms with Crippen LogP contribution in [-0.4, -0.2) is 5.91 Å². The van der Waals surface area contributed by atoms with E-state index in [0.717, 1.165) is 16.5 Å². The van der Waals surface area contributed by atoms with Crippen molar-refractivity contribution in [1.29, 1.82) is 0 Å². The Labute approximate surface area is 132 Å². The first kappa shape index (κ1) is 15.1. The van der Waals surface area contributed by atoms with Gasteiger partial charge in [0.15, 0.2) is 0 Å². The number of carbonyl (C=O) groups excluding carboxylic acids is 1. The third-order valence-corrected chi connectivity index (χ3v) is 3.95. The number of alkyl halides is 1. The number of aryl methyl sites for hydroxylation is 1. The van der Waals surface area contributed by atoms with E-state index < -0.39 is 0 Å². The number of amides is 1. The van der Waals surface area contributed by atoms with E-state index in [4.69, 9.17) is 11.6 Å². The van der Waals surface area contributed by atoms with E-state index in [0.29, 0.717) is 17.1 Å². The van der Waals surface area contributed by atoms with Crippen molar-refractivity contribution in [2.24, 2.45) is 0 Å². The number of nitrogens with one attached hydrogen (secondary N) is 1. The Morgan fingerprint density at radius 2 is 1.80 bits per heavy atom. The van der Waals surface area contributed by atoms with Crippen molar-refractivity contribution in [3.05, 3.63) is 69.7 Å². The quantitative estimate of drug-likeness (QED) is 0.808. The van der Waals surface area contributed by atoms with Gasteiger partial charge in [-0.1, -0.05) is 51.8 Å². The molecule has 2 aromatic rings. The lowest BCUT2D eigenvalue weighted by Crippen LogP contribution is -2.23. The van der Waals surface area contributed by atoms with Gasteiger partial charge in [-0.05, 0) is 41.8 Å². The number of hydrogen-bond donors (Lipinski definition) is 1. The van der Waals surface area contributed by atoms with Crippen LogP contribution < -0.4 is 5.32 Å². The van der Waals surface area contributed by atoms with Crippen molar-refractivity contribution in [2.75, 3.05) is 0 Å². The van der Waals surface area contributed by atoms with Crippen molar-refractivity contribution in [1.82, 2.24) is 5.32 Å². The van der Waals surface area contributed by atoms with Gasteiger partial charge in [0.2, 0.25) is 0 Å². The smallest absolute Gasteiger partial charge is 0.251 e. The van der Waals surface area contributed by atoms with Crippen LogP contribution in [-0.2, 0) is 11.9 Å². The molecule has 1 N–H and O–H groups in total. The van der Waals surface area contributed by atoms with E-state index >= 15 is 0 Å². The maximum atomic E-state index is 12.1. The summed E-state index contributed by atoms with van der Waals surface area (Å²) in [4.78, 5) is 12.1. The van der Waals surface area contributed by atoms with Crippen molar-refractivity contribution in [2.45, 2.75) is 18.8 Å². The molecule has 104 valence electrons. The molecule has 0 spiro atoms. The lowest BCUT2D eigenvalue weighted by atomic mass is 10.1. The van der Waals surface area contributed by atoms with E-state index in [2.05, 4.69) is 21.2 Å². The van der Waals surface area contributed by atoms with E-state index in [-0.39, 0.29) is 5.91 Å². The number of hydrogen-bond acceptors (Lipinski definition) is 1. The fourth-order valence-corrected chi connectivity index (χ4v) is 2.51. The minimum Gasteiger partial charge on any atom is -0.348 e. The summed E-state index contributed by atoms with van der Waals surface area (Å²) in [6.07, 6.45) is 0. The first-order valence-corrected chi connectivity index (χ1v) is 7.78. The molecule has 20 heavy (non-hydrogen) atoms. The molecular weight excluding hydrogens is 338 g/mol. The van der Waals surface area contributed by atoms with Crippen molar-refractivity contribution in [3.8, 4) is 0 Å². The molecule has 2 aromatic carbocycles. The zero-order chi connectivity index (χ0) is 14.5. The molecule has 2 rings (SSSR count). The van der Waals surface area contributed by atoms with Crippen molar-refractivity contribution in [3.63, 3.8) is 0 Å². The second-order valence-electron chi connectivity index (χ2n) is 4.59. The maximum absolute atomic E-state index is 12.1. The molecule has 4 heteroatoms. The largest absolute Gasteiger partial charge is 0.348 e. The van der Waals surface area contributed by atoms with Crippen LogP contribution in [0.5, 0.6) is 0 Å². The number of halogens is 2. The van der Waals surface area contributed by atoms with Gasteiger partial charge in [-0.25, -0.2) is 0 Å². The number of carbonyl (C=O) groups is 1. The van der Waals surface area contributed by atoms with Crippen LogP contribution in [0.1, 0.15) is 27.0 Å². The third kappa shape index (κ3) is 3.84. The van der Waals surface area contributed by atoms with Crippen LogP contribution in [0.3, 0.4) is 0 Å². The Bertz CT molecular complexity index is 610. The standard InChI is InChI=1S/C16H15BrClNO/c1-11-8-14(18)6-7-15(11)16(20)19-10-13-4-2-12(9-17)3-5-13/h2-8H,9-10H2,1H3,(H,19,20). The van der Waals surface area contributed by atoms with Gasteiger partial charge in [-0.15, -0.1) is 0 Å². The molecule has 0 aromatic heterocycles. The first-order chi connectivity index (χ1) is 9.60. The fraction of sp³-hybridized carbons (Fsp3) is 0.188. The van der Waals surface area contributed by atoms with Crippen LogP contribution in [0.25, 0.3) is 0 Å². The van der Waals surface area contributed by atoms with Gasteiger partial charge in [0.05, 0.1) is 0 Å². The molecule has 0 aliphatic rings. The second kappa shape index (κ2) is 6.91. The Morgan fingerprint density at radius 3 is 2.40 bits per heavy atom. The molecule has 0 bridgehead atoms. The lowest BCUT2D eigenvalue weighted by molar-refractivity contribution is 0.0950. The summed E-state index contributed by atoms with van der Waals surface area (Å²) in [6.45, 7) is 2.40. The molecule has 0 aliphatic heterocycles. The van der Waals surface area contributed by atoms with Crippen LogP contribution in [0.2, 0.25) is 5.02 Å². The van der Waals surface area contributed by atoms with Crippen molar-refractivity contribution < 1.29 is 4.79 Å². The Hall–Kier alpha value is -1.32. The van der Waals surface area contributed by atoms with Crippen LogP contribution >= 0.6 is 27.5 Å². The van der Waals surface area contributed by atoms with E-state index in [9.17, 15) is 4.79 Å². The molecule has 2 nitrogen and oxygen atoms in total. The highest BCUT2D eigenvalue weighted by Crippen LogP contribution is 2.15. The van der Waals surface area contributed by atoms with Gasteiger partial charge < -0.3 is 5.32 Å². The zero-order valence-corrected chi connectivity index (χ0v) is 13.5. The summed E-state index contributed by atoms with van der Waals surface area (Å²) < 4.78 is 0. The topological polar surface area (TPSA) is 29.1 Å². The predicted octanol–water partition coefficient (Wildman–Crippen LogP) is 4.47. The Morgan fingerprint density at radius 1 is 1.15 bits per heavy atom. The molecule has 1 amide bonds. The van der Waals surface area contributed by atoms with Gasteiger partial charge in [0.25, 0.3) is 5.91 Å². The normalized spacial score (nSPS) is 10.3. The summed E-state index contributed by atoms with van der Waals surface area (Å²) >= 11 is 9.30. The monoisotopic (exact) mass is 351 g/mol. The number of benzene rings is 2. The molecule has 0 atom stereocenters. The van der Waals surface area contributed by atoms with Crippen LogP contribution in [0.4, 0.5) is 0 Å². The number of rotatable bonds is 4. The molecule has 0 radical (unpaired) electrons. The van der Waals surface area contributed by atoms with Gasteiger partial charge >= 0.3 is 0 Å². The summed E-state index contributed by atoms with van der Waals surface area (Å²) in [5.41, 5.74) is 3.83. The average molecular weight is 353 g/mol. The summed E-state index contributed by atoms with van der Waals surface area (Å²) in [5, 5.41) is 4.40. The third-order valence-electron chi connectivity index (χ3n) is 3.06. The van der Waals surface area contributed by atoms with Gasteiger partial charge in [0.1, 0.15) is 0 Å². The summed E-state index contributed by atoms with van der Waals surface area (Å²) in [6, 6.07) is 13.4. The SMILES string of the molecule is Cc1cc(Cl)ccc1C(=O)NCc1ccc(CBr)cc1. The fourth-order valence-electron chi connectivity index (χ4n) is 1.91. The van der Waals surface area contributed by atoms with E-state index in [1.807, 2.05) is 31.2 Å². The summed E-state index contributed by atoms with van der Waals surface area (Å²) in [7, 11) is 0. The molecule has 0 saturated carbocycles. The van der Waals surface area contributed by atoms with Gasteiger partial charge in [-0.3, -0.25) is 4.79 Å². The highest BCUT2D eigenvalue weighted by molar-refractivity contribution is 9.08. The zero-order valence-electron chi connectivity index (χ0n) is 11.1. The minimum absolute atomic E-state index is 0.0799. The summed E-state index contributed by atoms with van der Waals surface area (Å²) in [5.74, 6) is -0.0799. The lowest BCUT2D eigenvalue weighted by Gasteiger charge is -2.08.